The maximum absolute atomic E-state index is 13.7. The number of benzene rings is 1. The van der Waals surface area contributed by atoms with Crippen molar-refractivity contribution in [1.29, 1.82) is 0 Å². The highest BCUT2D eigenvalue weighted by atomic mass is 19.1. The number of anilines is 1. The molecule has 2 aromatic rings. The highest BCUT2D eigenvalue weighted by Gasteiger charge is 2.14. The standard InChI is InChI=1S/C14H17FN4/c15-12-5-2-1-4-11(12)13-10-14(18-17-13)19-8-3-6-16-7-9-19/h1-2,4-5,10,16H,3,6-9H2,(H,17,18). The maximum Gasteiger partial charge on any atom is 0.151 e. The summed E-state index contributed by atoms with van der Waals surface area (Å²) in [6.45, 7) is 3.92. The van der Waals surface area contributed by atoms with Crippen LogP contribution in [0.3, 0.4) is 0 Å². The van der Waals surface area contributed by atoms with Crippen molar-refractivity contribution in [3.63, 3.8) is 0 Å². The molecule has 1 aromatic carbocycles. The SMILES string of the molecule is Fc1ccccc1-c1cc(N2CCCNCC2)n[nH]1. The minimum Gasteiger partial charge on any atom is -0.354 e. The van der Waals surface area contributed by atoms with Gasteiger partial charge in [-0.05, 0) is 25.1 Å². The summed E-state index contributed by atoms with van der Waals surface area (Å²) in [6.07, 6.45) is 1.10. The third-order valence-corrected chi connectivity index (χ3v) is 3.39. The molecule has 0 atom stereocenters. The summed E-state index contributed by atoms with van der Waals surface area (Å²) in [5.74, 6) is 0.664. The van der Waals surface area contributed by atoms with Crippen LogP contribution in [0.15, 0.2) is 30.3 Å². The zero-order valence-electron chi connectivity index (χ0n) is 10.7. The topological polar surface area (TPSA) is 44.0 Å². The van der Waals surface area contributed by atoms with Gasteiger partial charge in [-0.25, -0.2) is 4.39 Å². The van der Waals surface area contributed by atoms with Gasteiger partial charge in [0.2, 0.25) is 0 Å². The first-order valence-electron chi connectivity index (χ1n) is 6.60. The number of aromatic amines is 1. The van der Waals surface area contributed by atoms with E-state index in [0.717, 1.165) is 44.1 Å². The summed E-state index contributed by atoms with van der Waals surface area (Å²) in [5.41, 5.74) is 1.29. The molecular weight excluding hydrogens is 243 g/mol. The van der Waals surface area contributed by atoms with Crippen molar-refractivity contribution in [1.82, 2.24) is 15.5 Å². The second kappa shape index (κ2) is 5.40. The minimum absolute atomic E-state index is 0.227. The van der Waals surface area contributed by atoms with Gasteiger partial charge in [-0.2, -0.15) is 5.10 Å². The van der Waals surface area contributed by atoms with Crippen molar-refractivity contribution in [3.8, 4) is 11.3 Å². The monoisotopic (exact) mass is 260 g/mol. The smallest absolute Gasteiger partial charge is 0.151 e. The van der Waals surface area contributed by atoms with Crippen molar-refractivity contribution < 1.29 is 4.39 Å². The van der Waals surface area contributed by atoms with Crippen LogP contribution in [0.5, 0.6) is 0 Å². The number of hydrogen-bond acceptors (Lipinski definition) is 3. The molecule has 100 valence electrons. The third-order valence-electron chi connectivity index (χ3n) is 3.39. The predicted molar refractivity (Wildman–Crippen MR) is 73.7 cm³/mol. The second-order valence-corrected chi connectivity index (χ2v) is 4.71. The van der Waals surface area contributed by atoms with Crippen LogP contribution in [-0.2, 0) is 0 Å². The van der Waals surface area contributed by atoms with Gasteiger partial charge in [-0.3, -0.25) is 5.10 Å². The number of nitrogens with zero attached hydrogens (tertiary/aromatic N) is 2. The zero-order chi connectivity index (χ0) is 13.1. The normalized spacial score (nSPS) is 16.4. The van der Waals surface area contributed by atoms with E-state index in [-0.39, 0.29) is 5.82 Å². The average molecular weight is 260 g/mol. The lowest BCUT2D eigenvalue weighted by molar-refractivity contribution is 0.630. The number of aromatic nitrogens is 2. The average Bonchev–Trinajstić information content (AvgIpc) is 2.75. The number of rotatable bonds is 2. The van der Waals surface area contributed by atoms with E-state index >= 15 is 0 Å². The molecule has 0 saturated carbocycles. The Morgan fingerprint density at radius 2 is 2.05 bits per heavy atom. The molecule has 0 radical (unpaired) electrons. The molecule has 4 nitrogen and oxygen atoms in total. The fourth-order valence-corrected chi connectivity index (χ4v) is 2.37. The minimum atomic E-state index is -0.227. The quantitative estimate of drug-likeness (QED) is 0.868. The van der Waals surface area contributed by atoms with E-state index in [2.05, 4.69) is 20.4 Å². The van der Waals surface area contributed by atoms with Crippen molar-refractivity contribution >= 4 is 5.82 Å². The summed E-state index contributed by atoms with van der Waals surface area (Å²) in [6, 6.07) is 8.66. The molecule has 1 aromatic heterocycles. The third kappa shape index (κ3) is 2.61. The molecule has 0 spiro atoms. The molecule has 19 heavy (non-hydrogen) atoms. The van der Waals surface area contributed by atoms with E-state index in [1.54, 1.807) is 12.1 Å². The van der Waals surface area contributed by atoms with Gasteiger partial charge in [0.1, 0.15) is 5.82 Å². The Morgan fingerprint density at radius 1 is 1.16 bits per heavy atom. The molecule has 2 N–H and O–H groups in total. The summed E-state index contributed by atoms with van der Waals surface area (Å²) in [5, 5.41) is 10.6. The van der Waals surface area contributed by atoms with Crippen LogP contribution in [0.25, 0.3) is 11.3 Å². The molecule has 1 saturated heterocycles. The molecule has 1 aliphatic heterocycles. The van der Waals surface area contributed by atoms with Gasteiger partial charge in [0.15, 0.2) is 5.82 Å². The number of halogens is 1. The van der Waals surface area contributed by atoms with Crippen molar-refractivity contribution in [2.24, 2.45) is 0 Å². The molecular formula is C14H17FN4. The van der Waals surface area contributed by atoms with Crippen LogP contribution in [-0.4, -0.2) is 36.4 Å². The molecule has 0 bridgehead atoms. The summed E-state index contributed by atoms with van der Waals surface area (Å²) >= 11 is 0. The Hall–Kier alpha value is -1.88. The van der Waals surface area contributed by atoms with Crippen molar-refractivity contribution in [2.75, 3.05) is 31.1 Å². The van der Waals surface area contributed by atoms with Crippen LogP contribution in [0.2, 0.25) is 0 Å². The van der Waals surface area contributed by atoms with Gasteiger partial charge in [0, 0.05) is 31.3 Å². The summed E-state index contributed by atoms with van der Waals surface area (Å²) in [7, 11) is 0. The molecule has 0 unspecified atom stereocenters. The largest absolute Gasteiger partial charge is 0.354 e. The molecule has 5 heteroatoms. The molecule has 1 fully saturated rings. The van der Waals surface area contributed by atoms with Crippen LogP contribution >= 0.6 is 0 Å². The molecule has 1 aliphatic rings. The first-order chi connectivity index (χ1) is 9.34. The van der Waals surface area contributed by atoms with Gasteiger partial charge in [-0.15, -0.1) is 0 Å². The first kappa shape index (κ1) is 12.2. The second-order valence-electron chi connectivity index (χ2n) is 4.71. The number of H-pyrrole nitrogens is 1. The molecule has 2 heterocycles. The summed E-state index contributed by atoms with van der Waals surface area (Å²) < 4.78 is 13.7. The van der Waals surface area contributed by atoms with Gasteiger partial charge in [0.25, 0.3) is 0 Å². The van der Waals surface area contributed by atoms with Gasteiger partial charge in [0.05, 0.1) is 5.69 Å². The van der Waals surface area contributed by atoms with E-state index in [4.69, 9.17) is 0 Å². The van der Waals surface area contributed by atoms with E-state index in [9.17, 15) is 4.39 Å². The fourth-order valence-electron chi connectivity index (χ4n) is 2.37. The van der Waals surface area contributed by atoms with Crippen LogP contribution < -0.4 is 10.2 Å². The van der Waals surface area contributed by atoms with Gasteiger partial charge in [-0.1, -0.05) is 12.1 Å². The Labute approximate surface area is 111 Å². The lowest BCUT2D eigenvalue weighted by Crippen LogP contribution is -2.28. The van der Waals surface area contributed by atoms with Crippen LogP contribution in [0.1, 0.15) is 6.42 Å². The molecule has 3 rings (SSSR count). The Kier molecular flexibility index (Phi) is 3.46. The Bertz CT molecular complexity index is 544. The van der Waals surface area contributed by atoms with E-state index in [1.165, 1.54) is 6.07 Å². The zero-order valence-corrected chi connectivity index (χ0v) is 10.7. The lowest BCUT2D eigenvalue weighted by atomic mass is 10.1. The maximum atomic E-state index is 13.7. The van der Waals surface area contributed by atoms with Gasteiger partial charge >= 0.3 is 0 Å². The van der Waals surface area contributed by atoms with Crippen LogP contribution in [0, 0.1) is 5.82 Å². The summed E-state index contributed by atoms with van der Waals surface area (Å²) in [4.78, 5) is 2.22. The van der Waals surface area contributed by atoms with Crippen molar-refractivity contribution in [3.05, 3.63) is 36.1 Å². The highest BCUT2D eigenvalue weighted by Crippen LogP contribution is 2.24. The first-order valence-corrected chi connectivity index (χ1v) is 6.60. The van der Waals surface area contributed by atoms with E-state index < -0.39 is 0 Å². The van der Waals surface area contributed by atoms with E-state index in [1.807, 2.05) is 12.1 Å². The van der Waals surface area contributed by atoms with E-state index in [0.29, 0.717) is 5.56 Å². The molecule has 0 amide bonds. The molecule has 0 aliphatic carbocycles. The highest BCUT2D eigenvalue weighted by molar-refractivity contribution is 5.63. The Balaban J connectivity index is 1.85. The number of hydrogen-bond donors (Lipinski definition) is 2. The Morgan fingerprint density at radius 3 is 2.95 bits per heavy atom. The van der Waals surface area contributed by atoms with Crippen LogP contribution in [0.4, 0.5) is 10.2 Å². The van der Waals surface area contributed by atoms with Crippen molar-refractivity contribution in [2.45, 2.75) is 6.42 Å². The number of nitrogens with one attached hydrogen (secondary N) is 2. The predicted octanol–water partition coefficient (Wildman–Crippen LogP) is 2.02. The lowest BCUT2D eigenvalue weighted by Gasteiger charge is -2.18. The van der Waals surface area contributed by atoms with Gasteiger partial charge < -0.3 is 10.2 Å². The fraction of sp³-hybridized carbons (Fsp3) is 0.357.